The van der Waals surface area contributed by atoms with E-state index in [1.165, 1.54) is 16.8 Å². The van der Waals surface area contributed by atoms with Crippen molar-refractivity contribution >= 4 is 28.7 Å². The molecule has 0 amide bonds. The number of nitrogens with zero attached hydrogens (tertiary/aromatic N) is 4. The number of rotatable bonds is 6. The van der Waals surface area contributed by atoms with Crippen LogP contribution in [0, 0.1) is 0 Å². The van der Waals surface area contributed by atoms with E-state index < -0.39 is 0 Å². The van der Waals surface area contributed by atoms with Crippen LogP contribution in [0.1, 0.15) is 11.6 Å². The van der Waals surface area contributed by atoms with Gasteiger partial charge in [-0.15, -0.1) is 11.8 Å². The first kappa shape index (κ1) is 15.8. The number of nitrogens with one attached hydrogen (secondary N) is 2. The molecule has 1 unspecified atom stereocenters. The van der Waals surface area contributed by atoms with Gasteiger partial charge in [0.25, 0.3) is 0 Å². The highest BCUT2D eigenvalue weighted by Crippen LogP contribution is 2.23. The number of thioether (sulfide) groups is 1. The maximum absolute atomic E-state index is 4.32. The van der Waals surface area contributed by atoms with Crippen LogP contribution in [0.3, 0.4) is 0 Å². The molecule has 0 bridgehead atoms. The van der Waals surface area contributed by atoms with Gasteiger partial charge in [-0.2, -0.15) is 0 Å². The van der Waals surface area contributed by atoms with Crippen LogP contribution in [-0.4, -0.2) is 51.7 Å². The Morgan fingerprint density at radius 1 is 1.17 bits per heavy atom. The van der Waals surface area contributed by atoms with E-state index in [1.54, 1.807) is 18.1 Å². The number of likely N-dealkylation sites (N-methyl/N-ethyl adjacent to an activating group) is 1. The summed E-state index contributed by atoms with van der Waals surface area (Å²) >= 11 is 1.75. The predicted octanol–water partition coefficient (Wildman–Crippen LogP) is 2.79. The van der Waals surface area contributed by atoms with Crippen LogP contribution in [0.25, 0.3) is 11.2 Å². The normalized spacial score (nSPS) is 12.7. The Morgan fingerprint density at radius 3 is 2.65 bits per heavy atom. The van der Waals surface area contributed by atoms with Crippen LogP contribution in [0.15, 0.2) is 41.8 Å². The molecule has 1 aromatic carbocycles. The number of hydrogen-bond donors (Lipinski definition) is 2. The summed E-state index contributed by atoms with van der Waals surface area (Å²) in [6.07, 6.45) is 5.25. The second-order valence-corrected chi connectivity index (χ2v) is 6.34. The number of H-pyrrole nitrogens is 1. The third kappa shape index (κ3) is 3.46. The Kier molecular flexibility index (Phi) is 4.78. The Balaban J connectivity index is 1.78. The van der Waals surface area contributed by atoms with Gasteiger partial charge in [-0.25, -0.2) is 15.0 Å². The molecule has 3 aromatic rings. The van der Waals surface area contributed by atoms with Gasteiger partial charge in [0.1, 0.15) is 11.8 Å². The van der Waals surface area contributed by atoms with Crippen molar-refractivity contribution in [1.82, 2.24) is 24.8 Å². The van der Waals surface area contributed by atoms with Gasteiger partial charge < -0.3 is 15.2 Å². The summed E-state index contributed by atoms with van der Waals surface area (Å²) in [6, 6.07) is 8.94. The van der Waals surface area contributed by atoms with Crippen molar-refractivity contribution in [2.24, 2.45) is 0 Å². The van der Waals surface area contributed by atoms with E-state index in [9.17, 15) is 0 Å². The number of aromatic amines is 1. The molecule has 0 saturated heterocycles. The van der Waals surface area contributed by atoms with Crippen molar-refractivity contribution < 1.29 is 0 Å². The van der Waals surface area contributed by atoms with E-state index >= 15 is 0 Å². The van der Waals surface area contributed by atoms with Crippen molar-refractivity contribution in [3.63, 3.8) is 0 Å². The zero-order valence-corrected chi connectivity index (χ0v) is 14.3. The maximum Gasteiger partial charge on any atom is 0.182 e. The lowest BCUT2D eigenvalue weighted by molar-refractivity contribution is 0.311. The molecule has 6 nitrogen and oxygen atoms in total. The maximum atomic E-state index is 4.32. The van der Waals surface area contributed by atoms with Gasteiger partial charge in [0.2, 0.25) is 0 Å². The molecule has 0 aliphatic carbocycles. The minimum atomic E-state index is 0.249. The fourth-order valence-electron chi connectivity index (χ4n) is 2.52. The van der Waals surface area contributed by atoms with Crippen LogP contribution < -0.4 is 5.32 Å². The molecule has 0 fully saturated rings. The van der Waals surface area contributed by atoms with E-state index in [-0.39, 0.29) is 6.04 Å². The van der Waals surface area contributed by atoms with Gasteiger partial charge in [-0.3, -0.25) is 0 Å². The number of fused-ring (bicyclic) bond motifs is 1. The van der Waals surface area contributed by atoms with Crippen molar-refractivity contribution in [2.45, 2.75) is 10.9 Å². The third-order valence-electron chi connectivity index (χ3n) is 3.81. The molecule has 0 aliphatic rings. The monoisotopic (exact) mass is 328 g/mol. The van der Waals surface area contributed by atoms with Crippen LogP contribution in [0.5, 0.6) is 0 Å². The molecule has 3 rings (SSSR count). The largest absolute Gasteiger partial charge is 0.366 e. The minimum Gasteiger partial charge on any atom is -0.366 e. The molecule has 23 heavy (non-hydrogen) atoms. The molecule has 2 N–H and O–H groups in total. The summed E-state index contributed by atoms with van der Waals surface area (Å²) in [4.78, 5) is 19.2. The Labute approximate surface area is 139 Å². The smallest absolute Gasteiger partial charge is 0.182 e. The zero-order valence-electron chi connectivity index (χ0n) is 13.4. The van der Waals surface area contributed by atoms with Gasteiger partial charge in [0, 0.05) is 11.4 Å². The van der Waals surface area contributed by atoms with E-state index in [2.05, 4.69) is 74.8 Å². The van der Waals surface area contributed by atoms with Gasteiger partial charge in [0.05, 0.1) is 12.4 Å². The zero-order chi connectivity index (χ0) is 16.2. The standard InChI is InChI=1S/C16H20N6S/c1-22(2)13(11-4-6-12(23-3)7-5-11)8-17-15-14-16(19-9-18-14)21-10-20-15/h4-7,9-10,13H,8H2,1-3H3,(H2,17,18,19,20,21). The summed E-state index contributed by atoms with van der Waals surface area (Å²) in [6.45, 7) is 0.747. The first-order valence-electron chi connectivity index (χ1n) is 7.37. The van der Waals surface area contributed by atoms with Gasteiger partial charge in [0.15, 0.2) is 11.5 Å². The van der Waals surface area contributed by atoms with Crippen molar-refractivity contribution in [1.29, 1.82) is 0 Å². The highest BCUT2D eigenvalue weighted by molar-refractivity contribution is 7.98. The number of benzene rings is 1. The Bertz CT molecular complexity index is 768. The number of imidazole rings is 1. The minimum absolute atomic E-state index is 0.249. The van der Waals surface area contributed by atoms with Crippen molar-refractivity contribution in [3.8, 4) is 0 Å². The molecular weight excluding hydrogens is 308 g/mol. The first-order valence-corrected chi connectivity index (χ1v) is 8.60. The molecule has 0 saturated carbocycles. The molecule has 2 aromatic heterocycles. The molecule has 0 radical (unpaired) electrons. The van der Waals surface area contributed by atoms with Crippen molar-refractivity contribution in [2.75, 3.05) is 32.2 Å². The summed E-state index contributed by atoms with van der Waals surface area (Å²) in [5, 5.41) is 3.41. The molecule has 7 heteroatoms. The van der Waals surface area contributed by atoms with Gasteiger partial charge in [-0.05, 0) is 38.0 Å². The second-order valence-electron chi connectivity index (χ2n) is 5.46. The number of aromatic nitrogens is 4. The predicted molar refractivity (Wildman–Crippen MR) is 94.8 cm³/mol. The molecule has 1 atom stereocenters. The van der Waals surface area contributed by atoms with Crippen LogP contribution in [0.4, 0.5) is 5.82 Å². The Morgan fingerprint density at radius 2 is 1.96 bits per heavy atom. The molecule has 2 heterocycles. The lowest BCUT2D eigenvalue weighted by atomic mass is 10.1. The summed E-state index contributed by atoms with van der Waals surface area (Å²) in [5.41, 5.74) is 2.78. The van der Waals surface area contributed by atoms with Crippen LogP contribution in [-0.2, 0) is 0 Å². The quantitative estimate of drug-likeness (QED) is 0.678. The molecule has 0 aliphatic heterocycles. The lowest BCUT2D eigenvalue weighted by Crippen LogP contribution is -2.27. The van der Waals surface area contributed by atoms with Gasteiger partial charge in [-0.1, -0.05) is 12.1 Å². The lowest BCUT2D eigenvalue weighted by Gasteiger charge is -2.25. The van der Waals surface area contributed by atoms with E-state index in [0.717, 1.165) is 17.9 Å². The average molecular weight is 328 g/mol. The fraction of sp³-hybridized carbons (Fsp3) is 0.312. The fourth-order valence-corrected chi connectivity index (χ4v) is 2.93. The van der Waals surface area contributed by atoms with Crippen LogP contribution in [0.2, 0.25) is 0 Å². The van der Waals surface area contributed by atoms with E-state index in [1.807, 2.05) is 0 Å². The molecular formula is C16H20N6S. The van der Waals surface area contributed by atoms with Crippen molar-refractivity contribution in [3.05, 3.63) is 42.5 Å². The first-order chi connectivity index (χ1) is 11.2. The summed E-state index contributed by atoms with van der Waals surface area (Å²) in [5.74, 6) is 0.778. The topological polar surface area (TPSA) is 69.7 Å². The second kappa shape index (κ2) is 6.97. The third-order valence-corrected chi connectivity index (χ3v) is 4.55. The number of hydrogen-bond acceptors (Lipinski definition) is 6. The Hall–Kier alpha value is -2.12. The highest BCUT2D eigenvalue weighted by atomic mass is 32.2. The molecule has 0 spiro atoms. The summed E-state index contributed by atoms with van der Waals surface area (Å²) < 4.78 is 0. The van der Waals surface area contributed by atoms with Gasteiger partial charge >= 0.3 is 0 Å². The SMILES string of the molecule is CSc1ccc(C(CNc2ncnc3nc[nH]c23)N(C)C)cc1. The number of anilines is 1. The van der Waals surface area contributed by atoms with E-state index in [4.69, 9.17) is 0 Å². The average Bonchev–Trinajstić information content (AvgIpc) is 3.04. The molecule has 120 valence electrons. The highest BCUT2D eigenvalue weighted by Gasteiger charge is 2.15. The van der Waals surface area contributed by atoms with Crippen LogP contribution >= 0.6 is 11.8 Å². The summed E-state index contributed by atoms with van der Waals surface area (Å²) in [7, 11) is 4.17. The van der Waals surface area contributed by atoms with E-state index in [0.29, 0.717) is 5.65 Å².